The number of hydrogen-bond acceptors (Lipinski definition) is 5. The highest BCUT2D eigenvalue weighted by atomic mass is 35.5. The van der Waals surface area contributed by atoms with Gasteiger partial charge in [-0.15, -0.1) is 12.6 Å². The number of nitrogens with two attached hydrogens (primary N) is 1. The van der Waals surface area contributed by atoms with Gasteiger partial charge in [0.25, 0.3) is 0 Å². The Kier molecular flexibility index (Phi) is 3.93. The van der Waals surface area contributed by atoms with Gasteiger partial charge < -0.3 is 15.0 Å². The third-order valence-corrected chi connectivity index (χ3v) is 3.42. The molecule has 0 unspecified atom stereocenters. The topological polar surface area (TPSA) is 81.0 Å². The van der Waals surface area contributed by atoms with Gasteiger partial charge in [0.2, 0.25) is 0 Å². The number of nitriles is 1. The number of rotatable bonds is 2. The van der Waals surface area contributed by atoms with Crippen molar-refractivity contribution in [1.82, 2.24) is 4.57 Å². The van der Waals surface area contributed by atoms with E-state index in [4.69, 9.17) is 27.3 Å². The highest BCUT2D eigenvalue weighted by Crippen LogP contribution is 2.32. The molecule has 0 spiro atoms. The van der Waals surface area contributed by atoms with Crippen LogP contribution >= 0.6 is 24.2 Å². The molecule has 0 aliphatic carbocycles. The average molecular weight is 308 g/mol. The van der Waals surface area contributed by atoms with Gasteiger partial charge in [-0.25, -0.2) is 4.79 Å². The Hall–Kier alpha value is -2.10. The van der Waals surface area contributed by atoms with Crippen LogP contribution in [0.1, 0.15) is 16.1 Å². The number of anilines is 1. The van der Waals surface area contributed by atoms with Crippen LogP contribution in [0, 0.1) is 11.3 Å². The third-order valence-electron chi connectivity index (χ3n) is 2.75. The first-order valence-corrected chi connectivity index (χ1v) is 6.30. The van der Waals surface area contributed by atoms with Crippen molar-refractivity contribution in [2.24, 2.45) is 0 Å². The normalized spacial score (nSPS) is 10.1. The average Bonchev–Trinajstić information content (AvgIpc) is 2.74. The van der Waals surface area contributed by atoms with E-state index >= 15 is 0 Å². The molecule has 2 N–H and O–H groups in total. The van der Waals surface area contributed by atoms with Crippen LogP contribution in [0.2, 0.25) is 5.02 Å². The number of thiol groups is 1. The molecule has 0 bridgehead atoms. The standard InChI is InChI=1S/C13H10ClN3O2S/c1-19-13(18)12-10(16)7(5-15)6-17(12)11-8(14)3-2-4-9(11)20/h2-4,6,20H,16H2,1H3. The summed E-state index contributed by atoms with van der Waals surface area (Å²) in [5.74, 6) is -0.656. The number of esters is 1. The summed E-state index contributed by atoms with van der Waals surface area (Å²) in [7, 11) is 1.24. The fourth-order valence-electron chi connectivity index (χ4n) is 1.83. The van der Waals surface area contributed by atoms with Gasteiger partial charge in [-0.3, -0.25) is 0 Å². The SMILES string of the molecule is COC(=O)c1c(N)c(C#N)cn1-c1c(S)cccc1Cl. The van der Waals surface area contributed by atoms with Crippen molar-refractivity contribution < 1.29 is 9.53 Å². The first-order chi connectivity index (χ1) is 9.51. The van der Waals surface area contributed by atoms with Crippen LogP contribution in [-0.4, -0.2) is 17.6 Å². The van der Waals surface area contributed by atoms with Crippen LogP contribution in [-0.2, 0) is 4.74 Å². The Morgan fingerprint density at radius 1 is 1.55 bits per heavy atom. The Bertz CT molecular complexity index is 714. The molecule has 0 amide bonds. The Labute approximate surface area is 125 Å². The van der Waals surface area contributed by atoms with E-state index in [2.05, 4.69) is 12.6 Å². The third kappa shape index (κ3) is 2.22. The zero-order valence-corrected chi connectivity index (χ0v) is 12.1. The van der Waals surface area contributed by atoms with Crippen LogP contribution in [0.3, 0.4) is 0 Å². The molecule has 1 aromatic carbocycles. The van der Waals surface area contributed by atoms with Crippen LogP contribution in [0.5, 0.6) is 0 Å². The zero-order chi connectivity index (χ0) is 14.9. The molecule has 2 rings (SSSR count). The molecule has 20 heavy (non-hydrogen) atoms. The number of hydrogen-bond donors (Lipinski definition) is 2. The fourth-order valence-corrected chi connectivity index (χ4v) is 2.48. The summed E-state index contributed by atoms with van der Waals surface area (Å²) in [4.78, 5) is 12.4. The summed E-state index contributed by atoms with van der Waals surface area (Å²) in [5, 5.41) is 9.43. The molecule has 0 aliphatic heterocycles. The van der Waals surface area contributed by atoms with Crippen LogP contribution in [0.15, 0.2) is 29.3 Å². The minimum atomic E-state index is -0.656. The van der Waals surface area contributed by atoms with Gasteiger partial charge in [-0.1, -0.05) is 17.7 Å². The van der Waals surface area contributed by atoms with Gasteiger partial charge in [0, 0.05) is 11.1 Å². The lowest BCUT2D eigenvalue weighted by Gasteiger charge is -2.12. The molecule has 0 aliphatic rings. The lowest BCUT2D eigenvalue weighted by atomic mass is 10.2. The Morgan fingerprint density at radius 3 is 2.80 bits per heavy atom. The second kappa shape index (κ2) is 5.49. The quantitative estimate of drug-likeness (QED) is 0.660. The minimum Gasteiger partial charge on any atom is -0.464 e. The second-order valence-electron chi connectivity index (χ2n) is 3.89. The first kappa shape index (κ1) is 14.3. The summed E-state index contributed by atoms with van der Waals surface area (Å²) in [5.41, 5.74) is 6.54. The predicted molar refractivity (Wildman–Crippen MR) is 78.5 cm³/mol. The van der Waals surface area contributed by atoms with E-state index in [9.17, 15) is 4.79 Å². The monoisotopic (exact) mass is 307 g/mol. The number of nitrogen functional groups attached to an aromatic ring is 1. The number of carbonyl (C=O) groups excluding carboxylic acids is 1. The van der Waals surface area contributed by atoms with Crippen molar-refractivity contribution in [3.8, 4) is 11.8 Å². The summed E-state index contributed by atoms with van der Waals surface area (Å²) in [6.45, 7) is 0. The number of ether oxygens (including phenoxy) is 1. The molecule has 0 atom stereocenters. The molecule has 0 saturated heterocycles. The van der Waals surface area contributed by atoms with Crippen molar-refractivity contribution >= 4 is 35.9 Å². The molecule has 1 aromatic heterocycles. The maximum atomic E-state index is 11.9. The Morgan fingerprint density at radius 2 is 2.25 bits per heavy atom. The molecular formula is C13H10ClN3O2S. The number of aromatic nitrogens is 1. The van der Waals surface area contributed by atoms with Gasteiger partial charge in [-0.05, 0) is 12.1 Å². The summed E-state index contributed by atoms with van der Waals surface area (Å²) >= 11 is 10.5. The van der Waals surface area contributed by atoms with Gasteiger partial charge >= 0.3 is 5.97 Å². The minimum absolute atomic E-state index is 0.0482. The molecule has 2 aromatic rings. The van der Waals surface area contributed by atoms with Crippen molar-refractivity contribution in [3.63, 3.8) is 0 Å². The van der Waals surface area contributed by atoms with Gasteiger partial charge in [-0.2, -0.15) is 5.26 Å². The van der Waals surface area contributed by atoms with Gasteiger partial charge in [0.05, 0.1) is 29.1 Å². The van der Waals surface area contributed by atoms with Crippen LogP contribution in [0.25, 0.3) is 5.69 Å². The molecular weight excluding hydrogens is 298 g/mol. The van der Waals surface area contributed by atoms with Crippen molar-refractivity contribution in [3.05, 3.63) is 40.7 Å². The molecule has 0 saturated carbocycles. The van der Waals surface area contributed by atoms with Crippen molar-refractivity contribution in [2.75, 3.05) is 12.8 Å². The van der Waals surface area contributed by atoms with E-state index in [1.165, 1.54) is 17.9 Å². The largest absolute Gasteiger partial charge is 0.464 e. The summed E-state index contributed by atoms with van der Waals surface area (Å²) < 4.78 is 6.12. The van der Waals surface area contributed by atoms with Gasteiger partial charge in [0.15, 0.2) is 5.69 Å². The van der Waals surface area contributed by atoms with E-state index in [0.717, 1.165) is 0 Å². The highest BCUT2D eigenvalue weighted by molar-refractivity contribution is 7.80. The summed E-state index contributed by atoms with van der Waals surface area (Å²) in [6.07, 6.45) is 1.43. The predicted octanol–water partition coefficient (Wildman–Crippen LogP) is 2.66. The summed E-state index contributed by atoms with van der Waals surface area (Å²) in [6, 6.07) is 7.02. The van der Waals surface area contributed by atoms with Gasteiger partial charge in [0.1, 0.15) is 6.07 Å². The number of halogens is 1. The van der Waals surface area contributed by atoms with E-state index < -0.39 is 5.97 Å². The van der Waals surface area contributed by atoms with Crippen LogP contribution in [0.4, 0.5) is 5.69 Å². The number of benzene rings is 1. The van der Waals surface area contributed by atoms with E-state index in [1.807, 2.05) is 6.07 Å². The zero-order valence-electron chi connectivity index (χ0n) is 10.4. The number of carbonyl (C=O) groups is 1. The molecule has 102 valence electrons. The molecule has 7 heteroatoms. The molecule has 1 heterocycles. The Balaban J connectivity index is 2.81. The fraction of sp³-hybridized carbons (Fsp3) is 0.0769. The van der Waals surface area contributed by atoms with E-state index in [0.29, 0.717) is 15.6 Å². The maximum Gasteiger partial charge on any atom is 0.357 e. The molecule has 5 nitrogen and oxygen atoms in total. The lowest BCUT2D eigenvalue weighted by Crippen LogP contribution is -2.11. The highest BCUT2D eigenvalue weighted by Gasteiger charge is 2.23. The molecule has 0 radical (unpaired) electrons. The van der Waals surface area contributed by atoms with Crippen LogP contribution < -0.4 is 5.73 Å². The maximum absolute atomic E-state index is 11.9. The number of methoxy groups -OCH3 is 1. The smallest absolute Gasteiger partial charge is 0.357 e. The van der Waals surface area contributed by atoms with E-state index in [1.54, 1.807) is 18.2 Å². The lowest BCUT2D eigenvalue weighted by molar-refractivity contribution is 0.0593. The van der Waals surface area contributed by atoms with E-state index in [-0.39, 0.29) is 16.9 Å². The number of para-hydroxylation sites is 1. The molecule has 0 fully saturated rings. The van der Waals surface area contributed by atoms with Crippen molar-refractivity contribution in [1.29, 1.82) is 5.26 Å². The second-order valence-corrected chi connectivity index (χ2v) is 4.78. The van der Waals surface area contributed by atoms with Crippen molar-refractivity contribution in [2.45, 2.75) is 4.90 Å². The first-order valence-electron chi connectivity index (χ1n) is 5.48. The number of nitrogens with zero attached hydrogens (tertiary/aromatic N) is 2.